The van der Waals surface area contributed by atoms with E-state index in [1.165, 1.54) is 12.1 Å². The summed E-state index contributed by atoms with van der Waals surface area (Å²) in [5, 5.41) is 18.7. The number of aromatic nitrogens is 4. The van der Waals surface area contributed by atoms with Crippen molar-refractivity contribution in [1.29, 1.82) is 0 Å². The van der Waals surface area contributed by atoms with Gasteiger partial charge in [0.1, 0.15) is 22.8 Å². The van der Waals surface area contributed by atoms with E-state index in [4.69, 9.17) is 9.15 Å². The number of H-pyrrole nitrogens is 1. The number of rotatable bonds is 5. The quantitative estimate of drug-likeness (QED) is 0.316. The molecule has 37 heavy (non-hydrogen) atoms. The molecule has 3 aromatic heterocycles. The van der Waals surface area contributed by atoms with Crippen LogP contribution in [0.5, 0.6) is 11.5 Å². The van der Waals surface area contributed by atoms with Gasteiger partial charge in [-0.25, -0.2) is 4.39 Å². The summed E-state index contributed by atoms with van der Waals surface area (Å²) in [6.45, 7) is 10.4. The number of nitrogens with one attached hydrogen (secondary N) is 1. The lowest BCUT2D eigenvalue weighted by Crippen LogP contribution is -2.17. The normalized spacial score (nSPS) is 11.9. The molecule has 0 bridgehead atoms. The highest BCUT2D eigenvalue weighted by molar-refractivity contribution is 5.84. The Morgan fingerprint density at radius 3 is 2.35 bits per heavy atom. The number of nitrogens with zero attached hydrogens (tertiary/aromatic N) is 3. The van der Waals surface area contributed by atoms with Crippen LogP contribution in [0.25, 0.3) is 28.3 Å². The standard InChI is InChI=1S/C28H27FN4O4/c1-14-9-19(29)10-15(2)26(14)37-23-8-7-18(28(5,6)35)11-21(23)33-13-16(3)25(34)24-22(33)12-20(30-24)27-32-31-17(4)36-27/h7-13,30,35H,1-6H3. The first-order valence-corrected chi connectivity index (χ1v) is 11.8. The van der Waals surface area contributed by atoms with Gasteiger partial charge in [0.15, 0.2) is 5.75 Å². The van der Waals surface area contributed by atoms with Gasteiger partial charge in [0.05, 0.1) is 16.8 Å². The highest BCUT2D eigenvalue weighted by Gasteiger charge is 2.22. The maximum Gasteiger partial charge on any atom is 0.264 e. The molecule has 9 heteroatoms. The van der Waals surface area contributed by atoms with Crippen LogP contribution in [0.1, 0.15) is 42.0 Å². The van der Waals surface area contributed by atoms with Crippen molar-refractivity contribution in [2.75, 3.05) is 0 Å². The molecule has 190 valence electrons. The van der Waals surface area contributed by atoms with E-state index < -0.39 is 5.60 Å². The molecule has 0 amide bonds. The van der Waals surface area contributed by atoms with Gasteiger partial charge in [-0.1, -0.05) is 6.07 Å². The SMILES string of the molecule is Cc1nnc(-c2cc3c([nH]2)c(=O)c(C)cn3-c2cc(C(C)(C)O)ccc2Oc2c(C)cc(F)cc2C)o1. The molecule has 5 rings (SSSR count). The first kappa shape index (κ1) is 24.5. The molecular formula is C28H27FN4O4. The molecule has 8 nitrogen and oxygen atoms in total. The van der Waals surface area contributed by atoms with Crippen molar-refractivity contribution in [3.8, 4) is 28.8 Å². The van der Waals surface area contributed by atoms with Gasteiger partial charge >= 0.3 is 0 Å². The molecule has 0 fully saturated rings. The molecule has 0 atom stereocenters. The molecule has 0 aliphatic carbocycles. The smallest absolute Gasteiger partial charge is 0.264 e. The van der Waals surface area contributed by atoms with Gasteiger partial charge in [-0.3, -0.25) is 4.79 Å². The molecule has 2 aromatic carbocycles. The Hall–Kier alpha value is -4.24. The van der Waals surface area contributed by atoms with Crippen molar-refractivity contribution in [3.63, 3.8) is 0 Å². The Bertz CT molecular complexity index is 1700. The fourth-order valence-electron chi connectivity index (χ4n) is 4.39. The number of aliphatic hydroxyl groups is 1. The summed E-state index contributed by atoms with van der Waals surface area (Å²) >= 11 is 0. The minimum Gasteiger partial charge on any atom is -0.455 e. The predicted molar refractivity (Wildman–Crippen MR) is 138 cm³/mol. The Kier molecular flexibility index (Phi) is 5.75. The highest BCUT2D eigenvalue weighted by atomic mass is 19.1. The van der Waals surface area contributed by atoms with Crippen LogP contribution < -0.4 is 10.2 Å². The lowest BCUT2D eigenvalue weighted by atomic mass is 9.97. The van der Waals surface area contributed by atoms with Crippen LogP contribution in [0.15, 0.2) is 51.8 Å². The molecular weight excluding hydrogens is 475 g/mol. The molecule has 0 unspecified atom stereocenters. The zero-order chi connectivity index (χ0) is 26.6. The van der Waals surface area contributed by atoms with Gasteiger partial charge in [0.25, 0.3) is 5.89 Å². The number of halogens is 1. The number of aromatic amines is 1. The average Bonchev–Trinajstić information content (AvgIpc) is 3.45. The highest BCUT2D eigenvalue weighted by Crippen LogP contribution is 2.37. The largest absolute Gasteiger partial charge is 0.455 e. The van der Waals surface area contributed by atoms with E-state index >= 15 is 0 Å². The summed E-state index contributed by atoms with van der Waals surface area (Å²) in [6.07, 6.45) is 1.72. The van der Waals surface area contributed by atoms with Gasteiger partial charge in [0, 0.05) is 18.7 Å². The monoisotopic (exact) mass is 502 g/mol. The van der Waals surface area contributed by atoms with Crippen molar-refractivity contribution in [3.05, 3.63) is 86.8 Å². The number of aryl methyl sites for hydroxylation is 4. The van der Waals surface area contributed by atoms with Gasteiger partial charge in [0.2, 0.25) is 11.3 Å². The predicted octanol–water partition coefficient (Wildman–Crippen LogP) is 5.76. The van der Waals surface area contributed by atoms with E-state index in [9.17, 15) is 14.3 Å². The Morgan fingerprint density at radius 1 is 1.03 bits per heavy atom. The zero-order valence-electron chi connectivity index (χ0n) is 21.4. The van der Waals surface area contributed by atoms with E-state index in [-0.39, 0.29) is 17.1 Å². The number of fused-ring (bicyclic) bond motifs is 1. The summed E-state index contributed by atoms with van der Waals surface area (Å²) in [7, 11) is 0. The summed E-state index contributed by atoms with van der Waals surface area (Å²) < 4.78 is 27.7. The Morgan fingerprint density at radius 2 is 1.73 bits per heavy atom. The third kappa shape index (κ3) is 4.42. The fourth-order valence-corrected chi connectivity index (χ4v) is 4.39. The van der Waals surface area contributed by atoms with E-state index in [2.05, 4.69) is 15.2 Å². The molecule has 0 aliphatic rings. The third-order valence-corrected chi connectivity index (χ3v) is 6.28. The number of benzene rings is 2. The van der Waals surface area contributed by atoms with Gasteiger partial charge < -0.3 is 23.8 Å². The first-order valence-electron chi connectivity index (χ1n) is 11.8. The van der Waals surface area contributed by atoms with Crippen LogP contribution in [-0.2, 0) is 5.60 Å². The van der Waals surface area contributed by atoms with E-state index in [1.807, 2.05) is 10.6 Å². The average molecular weight is 503 g/mol. The second-order valence-corrected chi connectivity index (χ2v) is 9.79. The second-order valence-electron chi connectivity index (χ2n) is 9.79. The molecule has 2 N–H and O–H groups in total. The zero-order valence-corrected chi connectivity index (χ0v) is 21.4. The molecule has 0 radical (unpaired) electrons. The topological polar surface area (TPSA) is 106 Å². The summed E-state index contributed by atoms with van der Waals surface area (Å²) in [5.41, 5.74) is 3.14. The molecule has 0 spiro atoms. The third-order valence-electron chi connectivity index (χ3n) is 6.28. The maximum atomic E-state index is 13.9. The lowest BCUT2D eigenvalue weighted by molar-refractivity contribution is 0.0785. The number of hydrogen-bond acceptors (Lipinski definition) is 6. The van der Waals surface area contributed by atoms with Gasteiger partial charge in [-0.2, -0.15) is 0 Å². The van der Waals surface area contributed by atoms with Crippen molar-refractivity contribution in [2.45, 2.75) is 47.1 Å². The van der Waals surface area contributed by atoms with E-state index in [0.717, 1.165) is 0 Å². The van der Waals surface area contributed by atoms with Crippen LogP contribution in [0.4, 0.5) is 4.39 Å². The van der Waals surface area contributed by atoms with Crippen molar-refractivity contribution in [2.24, 2.45) is 0 Å². The maximum absolute atomic E-state index is 13.9. The molecule has 0 aliphatic heterocycles. The molecule has 3 heterocycles. The Labute approximate surface area is 212 Å². The minimum absolute atomic E-state index is 0.167. The summed E-state index contributed by atoms with van der Waals surface area (Å²) in [5.74, 6) is 1.32. The van der Waals surface area contributed by atoms with Gasteiger partial charge in [-0.15, -0.1) is 10.2 Å². The van der Waals surface area contributed by atoms with E-state index in [1.54, 1.807) is 65.9 Å². The van der Waals surface area contributed by atoms with Crippen LogP contribution in [-0.4, -0.2) is 24.9 Å². The Balaban J connectivity index is 1.77. The van der Waals surface area contributed by atoms with Crippen LogP contribution in [0.3, 0.4) is 0 Å². The summed E-state index contributed by atoms with van der Waals surface area (Å²) in [4.78, 5) is 16.2. The number of ether oxygens (including phenoxy) is 1. The van der Waals surface area contributed by atoms with Crippen LogP contribution in [0.2, 0.25) is 0 Å². The van der Waals surface area contributed by atoms with Crippen molar-refractivity contribution >= 4 is 11.0 Å². The molecule has 5 aromatic rings. The van der Waals surface area contributed by atoms with Crippen molar-refractivity contribution in [1.82, 2.24) is 19.7 Å². The molecule has 0 saturated carbocycles. The van der Waals surface area contributed by atoms with E-state index in [0.29, 0.717) is 62.1 Å². The van der Waals surface area contributed by atoms with Crippen LogP contribution in [0, 0.1) is 33.5 Å². The summed E-state index contributed by atoms with van der Waals surface area (Å²) in [6, 6.07) is 9.95. The lowest BCUT2D eigenvalue weighted by Gasteiger charge is -2.22. The molecule has 0 saturated heterocycles. The van der Waals surface area contributed by atoms with Crippen molar-refractivity contribution < 1.29 is 18.7 Å². The minimum atomic E-state index is -1.13. The fraction of sp³-hybridized carbons (Fsp3) is 0.250. The van der Waals surface area contributed by atoms with Crippen LogP contribution >= 0.6 is 0 Å². The first-order chi connectivity index (χ1) is 17.4. The number of hydrogen-bond donors (Lipinski definition) is 2. The number of pyridine rings is 1. The van der Waals surface area contributed by atoms with Gasteiger partial charge in [-0.05, 0) is 81.6 Å². The second kappa shape index (κ2) is 8.70.